The first-order chi connectivity index (χ1) is 15.7. The molecule has 0 spiro atoms. The lowest BCUT2D eigenvalue weighted by atomic mass is 9.91. The van der Waals surface area contributed by atoms with Crippen LogP contribution in [0.15, 0.2) is 66.7 Å². The van der Waals surface area contributed by atoms with E-state index in [9.17, 15) is 4.79 Å². The van der Waals surface area contributed by atoms with E-state index >= 15 is 0 Å². The van der Waals surface area contributed by atoms with Crippen LogP contribution < -0.4 is 14.2 Å². The summed E-state index contributed by atoms with van der Waals surface area (Å²) in [6.07, 6.45) is 0.794. The molecule has 2 aliphatic heterocycles. The van der Waals surface area contributed by atoms with Crippen LogP contribution in [0.5, 0.6) is 17.2 Å². The first kappa shape index (κ1) is 18.8. The summed E-state index contributed by atoms with van der Waals surface area (Å²) in [6, 6.07) is 21.4. The van der Waals surface area contributed by atoms with Crippen molar-refractivity contribution in [2.24, 2.45) is 0 Å². The Morgan fingerprint density at radius 3 is 2.69 bits per heavy atom. The maximum Gasteiger partial charge on any atom is 0.254 e. The highest BCUT2D eigenvalue weighted by molar-refractivity contribution is 5.96. The van der Waals surface area contributed by atoms with E-state index in [1.54, 1.807) is 19.2 Å². The van der Waals surface area contributed by atoms with Gasteiger partial charge >= 0.3 is 0 Å². The van der Waals surface area contributed by atoms with Gasteiger partial charge in [-0.3, -0.25) is 4.79 Å². The predicted molar refractivity (Wildman–Crippen MR) is 120 cm³/mol. The summed E-state index contributed by atoms with van der Waals surface area (Å²) < 4.78 is 16.3. The molecule has 3 heterocycles. The van der Waals surface area contributed by atoms with Gasteiger partial charge in [-0.25, -0.2) is 0 Å². The SMILES string of the molecule is COc1ccc([C@@H]2c3[nH]c4ccccc4c3CCN2C(=O)c2ccc3c(c2)OCO3)cc1. The molecular formula is C26H22N2O4. The maximum atomic E-state index is 13.7. The summed E-state index contributed by atoms with van der Waals surface area (Å²) in [5.74, 6) is 2.04. The van der Waals surface area contributed by atoms with E-state index in [4.69, 9.17) is 14.2 Å². The lowest BCUT2D eigenvalue weighted by molar-refractivity contribution is 0.0691. The molecule has 6 nitrogen and oxygen atoms in total. The number of nitrogens with zero attached hydrogens (tertiary/aromatic N) is 1. The number of aromatic amines is 1. The van der Waals surface area contributed by atoms with E-state index in [1.165, 1.54) is 10.9 Å². The molecule has 1 aromatic heterocycles. The Labute approximate surface area is 185 Å². The zero-order chi connectivity index (χ0) is 21.7. The first-order valence-electron chi connectivity index (χ1n) is 10.7. The van der Waals surface area contributed by atoms with Crippen LogP contribution in [0.3, 0.4) is 0 Å². The molecule has 3 aromatic carbocycles. The highest BCUT2D eigenvalue weighted by Gasteiger charge is 2.35. The molecule has 0 bridgehead atoms. The van der Waals surface area contributed by atoms with Crippen molar-refractivity contribution in [2.75, 3.05) is 20.4 Å². The maximum absolute atomic E-state index is 13.7. The molecule has 160 valence electrons. The minimum absolute atomic E-state index is 0.0339. The highest BCUT2D eigenvalue weighted by atomic mass is 16.7. The second kappa shape index (κ2) is 7.34. The molecule has 0 fully saturated rings. The Hall–Kier alpha value is -3.93. The van der Waals surface area contributed by atoms with Crippen LogP contribution in [0.25, 0.3) is 10.9 Å². The van der Waals surface area contributed by atoms with Gasteiger partial charge in [-0.1, -0.05) is 30.3 Å². The fourth-order valence-electron chi connectivity index (χ4n) is 4.79. The van der Waals surface area contributed by atoms with Crippen LogP contribution in [0, 0.1) is 0 Å². The third-order valence-corrected chi connectivity index (χ3v) is 6.35. The van der Waals surface area contributed by atoms with Crippen LogP contribution >= 0.6 is 0 Å². The van der Waals surface area contributed by atoms with Gasteiger partial charge in [0.2, 0.25) is 6.79 Å². The largest absolute Gasteiger partial charge is 0.497 e. The van der Waals surface area contributed by atoms with Crippen molar-refractivity contribution < 1.29 is 19.0 Å². The van der Waals surface area contributed by atoms with Crippen LogP contribution in [-0.4, -0.2) is 36.2 Å². The number of para-hydroxylation sites is 1. The Balaban J connectivity index is 1.46. The van der Waals surface area contributed by atoms with E-state index in [1.807, 2.05) is 41.3 Å². The van der Waals surface area contributed by atoms with Crippen molar-refractivity contribution in [2.45, 2.75) is 12.5 Å². The monoisotopic (exact) mass is 426 g/mol. The summed E-state index contributed by atoms with van der Waals surface area (Å²) in [5, 5.41) is 1.22. The lowest BCUT2D eigenvalue weighted by Gasteiger charge is -2.36. The number of ether oxygens (including phenoxy) is 3. The summed E-state index contributed by atoms with van der Waals surface area (Å²) in [6.45, 7) is 0.808. The smallest absolute Gasteiger partial charge is 0.254 e. The van der Waals surface area contributed by atoms with E-state index in [2.05, 4.69) is 23.2 Å². The van der Waals surface area contributed by atoms with E-state index < -0.39 is 0 Å². The van der Waals surface area contributed by atoms with Crippen LogP contribution in [0.1, 0.15) is 33.2 Å². The summed E-state index contributed by atoms with van der Waals surface area (Å²) >= 11 is 0. The first-order valence-corrected chi connectivity index (χ1v) is 10.7. The number of amides is 1. The number of aromatic nitrogens is 1. The Bertz CT molecular complexity index is 1330. The second-order valence-electron chi connectivity index (χ2n) is 8.06. The fourth-order valence-corrected chi connectivity index (χ4v) is 4.79. The molecule has 0 aliphatic carbocycles. The molecule has 1 atom stereocenters. The van der Waals surface area contributed by atoms with Gasteiger partial charge in [0, 0.05) is 28.7 Å². The molecule has 6 heteroatoms. The minimum Gasteiger partial charge on any atom is -0.497 e. The molecule has 0 saturated heterocycles. The third kappa shape index (κ3) is 2.91. The van der Waals surface area contributed by atoms with Gasteiger partial charge in [0.05, 0.1) is 13.2 Å². The number of fused-ring (bicyclic) bond motifs is 4. The topological polar surface area (TPSA) is 63.8 Å². The van der Waals surface area contributed by atoms with Gasteiger partial charge in [-0.05, 0) is 53.9 Å². The molecule has 6 rings (SSSR count). The van der Waals surface area contributed by atoms with Crippen LogP contribution in [0.2, 0.25) is 0 Å². The molecule has 0 radical (unpaired) electrons. The zero-order valence-electron chi connectivity index (χ0n) is 17.6. The number of hydrogen-bond donors (Lipinski definition) is 1. The average Bonchev–Trinajstić information content (AvgIpc) is 3.47. The lowest BCUT2D eigenvalue weighted by Crippen LogP contribution is -2.40. The normalized spacial score (nSPS) is 16.8. The number of benzene rings is 3. The van der Waals surface area contributed by atoms with E-state index in [0.29, 0.717) is 23.6 Å². The molecule has 0 unspecified atom stereocenters. The summed E-state index contributed by atoms with van der Waals surface area (Å²) in [7, 11) is 1.65. The fraction of sp³-hybridized carbons (Fsp3) is 0.192. The van der Waals surface area contributed by atoms with Crippen molar-refractivity contribution in [1.82, 2.24) is 9.88 Å². The number of methoxy groups -OCH3 is 1. The number of carbonyl (C=O) groups is 1. The number of carbonyl (C=O) groups excluding carboxylic acids is 1. The van der Waals surface area contributed by atoms with E-state index in [0.717, 1.165) is 28.9 Å². The summed E-state index contributed by atoms with van der Waals surface area (Å²) in [4.78, 5) is 19.3. The van der Waals surface area contributed by atoms with Gasteiger partial charge in [-0.15, -0.1) is 0 Å². The van der Waals surface area contributed by atoms with Crippen molar-refractivity contribution >= 4 is 16.8 Å². The Morgan fingerprint density at radius 1 is 1.03 bits per heavy atom. The molecule has 0 saturated carbocycles. The number of hydrogen-bond acceptors (Lipinski definition) is 4. The van der Waals surface area contributed by atoms with Gasteiger partial charge in [0.15, 0.2) is 11.5 Å². The van der Waals surface area contributed by atoms with Crippen LogP contribution in [0.4, 0.5) is 0 Å². The number of nitrogens with one attached hydrogen (secondary N) is 1. The molecule has 1 N–H and O–H groups in total. The molecular weight excluding hydrogens is 404 g/mol. The van der Waals surface area contributed by atoms with Crippen molar-refractivity contribution in [3.05, 3.63) is 89.1 Å². The quantitative estimate of drug-likeness (QED) is 0.516. The highest BCUT2D eigenvalue weighted by Crippen LogP contribution is 2.40. The predicted octanol–water partition coefficient (Wildman–Crippen LogP) is 4.69. The van der Waals surface area contributed by atoms with Gasteiger partial charge in [0.1, 0.15) is 5.75 Å². The Kier molecular flexibility index (Phi) is 4.31. The summed E-state index contributed by atoms with van der Waals surface area (Å²) in [5.41, 5.74) is 5.06. The molecule has 4 aromatic rings. The van der Waals surface area contributed by atoms with Gasteiger partial charge < -0.3 is 24.1 Å². The molecule has 32 heavy (non-hydrogen) atoms. The van der Waals surface area contributed by atoms with Gasteiger partial charge in [0.25, 0.3) is 5.91 Å². The van der Waals surface area contributed by atoms with Crippen molar-refractivity contribution in [1.29, 1.82) is 0 Å². The third-order valence-electron chi connectivity index (χ3n) is 6.35. The Morgan fingerprint density at radius 2 is 1.84 bits per heavy atom. The zero-order valence-corrected chi connectivity index (χ0v) is 17.6. The minimum atomic E-state index is -0.227. The number of rotatable bonds is 3. The number of H-pyrrole nitrogens is 1. The van der Waals surface area contributed by atoms with Crippen molar-refractivity contribution in [3.63, 3.8) is 0 Å². The average molecular weight is 426 g/mol. The van der Waals surface area contributed by atoms with Gasteiger partial charge in [-0.2, -0.15) is 0 Å². The molecule has 2 aliphatic rings. The van der Waals surface area contributed by atoms with E-state index in [-0.39, 0.29) is 18.7 Å². The standard InChI is InChI=1S/C26H22N2O4/c1-30-18-9-6-16(7-10-18)25-24-20(19-4-2-3-5-21(19)27-24)12-13-28(25)26(29)17-8-11-22-23(14-17)32-15-31-22/h2-11,14,25,27H,12-13,15H2,1H3/t25-/m1/s1. The molecule has 1 amide bonds. The second-order valence-corrected chi connectivity index (χ2v) is 8.06. The van der Waals surface area contributed by atoms with Crippen LogP contribution in [-0.2, 0) is 6.42 Å². The van der Waals surface area contributed by atoms with Crippen molar-refractivity contribution in [3.8, 4) is 17.2 Å².